The maximum atomic E-state index is 12.1. The highest BCUT2D eigenvalue weighted by Gasteiger charge is 2.30. The molecule has 0 spiro atoms. The zero-order valence-corrected chi connectivity index (χ0v) is 11.9. The van der Waals surface area contributed by atoms with Crippen molar-refractivity contribution in [2.75, 3.05) is 0 Å². The van der Waals surface area contributed by atoms with Gasteiger partial charge in [0.1, 0.15) is 6.04 Å². The number of nitrogens with one attached hydrogen (secondary N) is 1. The lowest BCUT2D eigenvalue weighted by molar-refractivity contribution is -0.141. The van der Waals surface area contributed by atoms with E-state index in [0.29, 0.717) is 10.6 Å². The van der Waals surface area contributed by atoms with Crippen molar-refractivity contribution in [2.24, 2.45) is 5.92 Å². The maximum absolute atomic E-state index is 12.1. The van der Waals surface area contributed by atoms with E-state index in [2.05, 4.69) is 5.32 Å². The molecule has 0 heterocycles. The Labute approximate surface area is 123 Å². The number of hydrogen-bond donors (Lipinski definition) is 2. The zero-order chi connectivity index (χ0) is 14.5. The van der Waals surface area contributed by atoms with Crippen LogP contribution in [0.25, 0.3) is 0 Å². The van der Waals surface area contributed by atoms with E-state index < -0.39 is 12.0 Å². The molecule has 0 aromatic heterocycles. The smallest absolute Gasteiger partial charge is 0.326 e. The standard InChI is InChI=1S/C15H18ClNO3/c16-12-8-6-11(7-9-12)14(18)17-13(15(19)20)10-4-2-1-3-5-10/h6-10,13H,1-5H2,(H,17,18)(H,19,20)/t13-/m1/s1. The van der Waals surface area contributed by atoms with Crippen LogP contribution < -0.4 is 5.32 Å². The van der Waals surface area contributed by atoms with Gasteiger partial charge < -0.3 is 10.4 Å². The number of rotatable bonds is 4. The van der Waals surface area contributed by atoms with Crippen molar-refractivity contribution in [3.05, 3.63) is 34.9 Å². The third kappa shape index (κ3) is 3.73. The topological polar surface area (TPSA) is 66.4 Å². The number of benzene rings is 1. The molecule has 1 aromatic carbocycles. The normalized spacial score (nSPS) is 17.4. The minimum Gasteiger partial charge on any atom is -0.480 e. The van der Waals surface area contributed by atoms with Gasteiger partial charge in [-0.1, -0.05) is 30.9 Å². The molecule has 4 nitrogen and oxygen atoms in total. The van der Waals surface area contributed by atoms with Crippen LogP contribution in [-0.4, -0.2) is 23.0 Å². The maximum Gasteiger partial charge on any atom is 0.326 e. The molecule has 1 fully saturated rings. The predicted octanol–water partition coefficient (Wildman–Crippen LogP) is 3.10. The van der Waals surface area contributed by atoms with Gasteiger partial charge in [0.15, 0.2) is 0 Å². The van der Waals surface area contributed by atoms with Gasteiger partial charge >= 0.3 is 5.97 Å². The van der Waals surface area contributed by atoms with Crippen LogP contribution in [0.4, 0.5) is 0 Å². The molecule has 108 valence electrons. The van der Waals surface area contributed by atoms with E-state index in [1.807, 2.05) is 0 Å². The molecule has 20 heavy (non-hydrogen) atoms. The summed E-state index contributed by atoms with van der Waals surface area (Å²) < 4.78 is 0. The van der Waals surface area contributed by atoms with Crippen LogP contribution >= 0.6 is 11.6 Å². The second kappa shape index (κ2) is 6.75. The van der Waals surface area contributed by atoms with Crippen LogP contribution in [0.2, 0.25) is 5.02 Å². The Morgan fingerprint density at radius 3 is 2.30 bits per heavy atom. The molecule has 0 aliphatic heterocycles. The molecule has 5 heteroatoms. The first-order chi connectivity index (χ1) is 9.58. The average Bonchev–Trinajstić information content (AvgIpc) is 2.46. The zero-order valence-electron chi connectivity index (χ0n) is 11.1. The molecule has 1 aromatic rings. The molecule has 0 bridgehead atoms. The second-order valence-electron chi connectivity index (χ2n) is 5.19. The van der Waals surface area contributed by atoms with E-state index in [4.69, 9.17) is 11.6 Å². The first-order valence-electron chi connectivity index (χ1n) is 6.87. The Morgan fingerprint density at radius 2 is 1.75 bits per heavy atom. The fourth-order valence-corrected chi connectivity index (χ4v) is 2.80. The third-order valence-corrected chi connectivity index (χ3v) is 4.03. The molecule has 0 unspecified atom stereocenters. The van der Waals surface area contributed by atoms with Crippen molar-refractivity contribution in [1.82, 2.24) is 5.32 Å². The summed E-state index contributed by atoms with van der Waals surface area (Å²) >= 11 is 5.77. The van der Waals surface area contributed by atoms with Crippen LogP contribution in [0.15, 0.2) is 24.3 Å². The summed E-state index contributed by atoms with van der Waals surface area (Å²) in [5, 5.41) is 12.5. The third-order valence-electron chi connectivity index (χ3n) is 3.78. The van der Waals surface area contributed by atoms with Crippen molar-refractivity contribution >= 4 is 23.5 Å². The van der Waals surface area contributed by atoms with Crippen molar-refractivity contribution < 1.29 is 14.7 Å². The first kappa shape index (κ1) is 14.9. The summed E-state index contributed by atoms with van der Waals surface area (Å²) in [7, 11) is 0. The van der Waals surface area contributed by atoms with Gasteiger partial charge in [0.25, 0.3) is 5.91 Å². The van der Waals surface area contributed by atoms with Gasteiger partial charge in [-0.25, -0.2) is 4.79 Å². The quantitative estimate of drug-likeness (QED) is 0.897. The number of carbonyl (C=O) groups is 2. The fraction of sp³-hybridized carbons (Fsp3) is 0.467. The SMILES string of the molecule is O=C(N[C@@H](C(=O)O)C1CCCCC1)c1ccc(Cl)cc1. The van der Waals surface area contributed by atoms with E-state index in [0.717, 1.165) is 32.1 Å². The van der Waals surface area contributed by atoms with Crippen LogP contribution in [0.3, 0.4) is 0 Å². The average molecular weight is 296 g/mol. The van der Waals surface area contributed by atoms with Gasteiger partial charge in [-0.2, -0.15) is 0 Å². The number of hydrogen-bond acceptors (Lipinski definition) is 2. The molecule has 1 atom stereocenters. The Kier molecular flexibility index (Phi) is 5.01. The first-order valence-corrected chi connectivity index (χ1v) is 7.25. The minimum absolute atomic E-state index is 0.0255. The lowest BCUT2D eigenvalue weighted by Gasteiger charge is -2.28. The van der Waals surface area contributed by atoms with Crippen molar-refractivity contribution in [1.29, 1.82) is 0 Å². The highest BCUT2D eigenvalue weighted by atomic mass is 35.5. The predicted molar refractivity (Wildman–Crippen MR) is 76.9 cm³/mol. The van der Waals surface area contributed by atoms with E-state index >= 15 is 0 Å². The van der Waals surface area contributed by atoms with Gasteiger partial charge in [0, 0.05) is 10.6 Å². The minimum atomic E-state index is -0.959. The number of carbonyl (C=O) groups excluding carboxylic acids is 1. The van der Waals surface area contributed by atoms with Crippen LogP contribution in [0, 0.1) is 5.92 Å². The summed E-state index contributed by atoms with van der Waals surface area (Å²) in [5.41, 5.74) is 0.427. The van der Waals surface area contributed by atoms with Gasteiger partial charge in [-0.05, 0) is 43.0 Å². The Bertz CT molecular complexity index is 480. The van der Waals surface area contributed by atoms with Gasteiger partial charge in [-0.3, -0.25) is 4.79 Å². The lowest BCUT2D eigenvalue weighted by Crippen LogP contribution is -2.46. The Balaban J connectivity index is 2.05. The van der Waals surface area contributed by atoms with Gasteiger partial charge in [-0.15, -0.1) is 0 Å². The highest BCUT2D eigenvalue weighted by molar-refractivity contribution is 6.30. The number of carboxylic acids is 1. The number of aliphatic carboxylic acids is 1. The van der Waals surface area contributed by atoms with E-state index in [9.17, 15) is 14.7 Å². The lowest BCUT2D eigenvalue weighted by atomic mass is 9.84. The molecule has 0 radical (unpaired) electrons. The van der Waals surface area contributed by atoms with Crippen LogP contribution in [0.5, 0.6) is 0 Å². The molecule has 1 aliphatic rings. The van der Waals surface area contributed by atoms with Crippen LogP contribution in [0.1, 0.15) is 42.5 Å². The summed E-state index contributed by atoms with van der Waals surface area (Å²) in [6, 6.07) is 5.62. The Morgan fingerprint density at radius 1 is 1.15 bits per heavy atom. The Hall–Kier alpha value is -1.55. The summed E-state index contributed by atoms with van der Waals surface area (Å²) in [4.78, 5) is 23.5. The molecule has 2 rings (SSSR count). The molecule has 0 saturated heterocycles. The number of amides is 1. The number of halogens is 1. The fourth-order valence-electron chi connectivity index (χ4n) is 2.67. The van der Waals surface area contributed by atoms with Crippen molar-refractivity contribution in [2.45, 2.75) is 38.1 Å². The van der Waals surface area contributed by atoms with Crippen molar-refractivity contribution in [3.8, 4) is 0 Å². The summed E-state index contributed by atoms with van der Waals surface area (Å²) in [5.74, 6) is -1.30. The molecule has 2 N–H and O–H groups in total. The summed E-state index contributed by atoms with van der Waals surface area (Å²) in [6.45, 7) is 0. The van der Waals surface area contributed by atoms with E-state index in [1.165, 1.54) is 0 Å². The van der Waals surface area contributed by atoms with Crippen molar-refractivity contribution in [3.63, 3.8) is 0 Å². The van der Waals surface area contributed by atoms with E-state index in [1.54, 1.807) is 24.3 Å². The molecule has 1 amide bonds. The van der Waals surface area contributed by atoms with E-state index in [-0.39, 0.29) is 11.8 Å². The summed E-state index contributed by atoms with van der Waals surface area (Å²) in [6.07, 6.45) is 4.93. The molecular formula is C15H18ClNO3. The highest BCUT2D eigenvalue weighted by Crippen LogP contribution is 2.26. The molecular weight excluding hydrogens is 278 g/mol. The largest absolute Gasteiger partial charge is 0.480 e. The van der Waals surface area contributed by atoms with Crippen LogP contribution in [-0.2, 0) is 4.79 Å². The second-order valence-corrected chi connectivity index (χ2v) is 5.63. The van der Waals surface area contributed by atoms with Gasteiger partial charge in [0.2, 0.25) is 0 Å². The monoisotopic (exact) mass is 295 g/mol. The molecule has 1 aliphatic carbocycles. The number of carboxylic acid groups (broad SMARTS) is 1. The van der Waals surface area contributed by atoms with Gasteiger partial charge in [0.05, 0.1) is 0 Å². The molecule has 1 saturated carbocycles.